The third-order valence-electron chi connectivity index (χ3n) is 4.59. The monoisotopic (exact) mass is 371 g/mol. The molecular weight excluding hydrogens is 334 g/mol. The van der Waals surface area contributed by atoms with E-state index in [0.717, 1.165) is 23.1 Å². The first-order valence-corrected chi connectivity index (χ1v) is 9.06. The van der Waals surface area contributed by atoms with E-state index in [-0.39, 0.29) is 23.2 Å². The van der Waals surface area contributed by atoms with Crippen LogP contribution in [0.4, 0.5) is 0 Å². The summed E-state index contributed by atoms with van der Waals surface area (Å²) in [6.45, 7) is 16.8. The average molecular weight is 372 g/mol. The Bertz CT molecular complexity index is 521. The van der Waals surface area contributed by atoms with Crippen LogP contribution in [0.3, 0.4) is 0 Å². The molecule has 0 saturated heterocycles. The number of benzene rings is 1. The second-order valence-corrected chi connectivity index (χ2v) is 9.53. The molecule has 25 heavy (non-hydrogen) atoms. The lowest BCUT2D eigenvalue weighted by molar-refractivity contribution is 0.128. The van der Waals surface area contributed by atoms with Crippen LogP contribution in [0.2, 0.25) is 0 Å². The molecule has 0 aliphatic carbocycles. The van der Waals surface area contributed by atoms with Gasteiger partial charge in [0.25, 0.3) is 0 Å². The van der Waals surface area contributed by atoms with E-state index in [1.165, 1.54) is 0 Å². The zero-order chi connectivity index (χ0) is 18.9. The van der Waals surface area contributed by atoms with Crippen LogP contribution in [0.15, 0.2) is 12.1 Å². The van der Waals surface area contributed by atoms with E-state index in [1.807, 2.05) is 12.1 Å². The van der Waals surface area contributed by atoms with Gasteiger partial charge in [-0.05, 0) is 58.4 Å². The molecule has 1 rings (SSSR count). The van der Waals surface area contributed by atoms with E-state index in [9.17, 15) is 10.2 Å². The van der Waals surface area contributed by atoms with Crippen LogP contribution in [-0.2, 0) is 10.8 Å². The molecule has 0 spiro atoms. The highest BCUT2D eigenvalue weighted by Gasteiger charge is 2.28. The number of phenols is 1. The molecule has 3 nitrogen and oxygen atoms in total. The van der Waals surface area contributed by atoms with Gasteiger partial charge in [0.1, 0.15) is 5.75 Å². The number of hydrogen-bond donors (Lipinski definition) is 3. The van der Waals surface area contributed by atoms with Crippen molar-refractivity contribution in [2.24, 2.45) is 11.7 Å². The van der Waals surface area contributed by atoms with Gasteiger partial charge in [0.15, 0.2) is 0 Å². The van der Waals surface area contributed by atoms with Gasteiger partial charge in [0, 0.05) is 0 Å². The molecule has 0 aromatic heterocycles. The fourth-order valence-corrected chi connectivity index (χ4v) is 2.90. The number of aliphatic hydroxyl groups is 1. The van der Waals surface area contributed by atoms with Crippen LogP contribution >= 0.6 is 12.4 Å². The number of phenolic OH excluding ortho intramolecular Hbond substituents is 1. The molecule has 1 aromatic rings. The van der Waals surface area contributed by atoms with Gasteiger partial charge in [-0.15, -0.1) is 12.4 Å². The van der Waals surface area contributed by atoms with E-state index >= 15 is 0 Å². The van der Waals surface area contributed by atoms with Crippen molar-refractivity contribution in [2.75, 3.05) is 0 Å². The van der Waals surface area contributed by atoms with E-state index in [1.54, 1.807) is 0 Å². The highest BCUT2D eigenvalue weighted by Crippen LogP contribution is 2.41. The molecule has 0 radical (unpaired) electrons. The van der Waals surface area contributed by atoms with Crippen LogP contribution < -0.4 is 5.73 Å². The Labute approximate surface area is 160 Å². The summed E-state index contributed by atoms with van der Waals surface area (Å²) < 4.78 is 0. The third kappa shape index (κ3) is 6.47. The minimum atomic E-state index is -0.572. The number of aliphatic hydroxyl groups excluding tert-OH is 1. The second-order valence-electron chi connectivity index (χ2n) is 9.53. The summed E-state index contributed by atoms with van der Waals surface area (Å²) in [7, 11) is 0. The highest BCUT2D eigenvalue weighted by atomic mass is 35.5. The van der Waals surface area contributed by atoms with Crippen LogP contribution in [0, 0.1) is 5.92 Å². The van der Waals surface area contributed by atoms with Crippen molar-refractivity contribution < 1.29 is 10.2 Å². The van der Waals surface area contributed by atoms with Gasteiger partial charge < -0.3 is 15.9 Å². The third-order valence-corrected chi connectivity index (χ3v) is 4.59. The summed E-state index contributed by atoms with van der Waals surface area (Å²) in [5, 5.41) is 21.3. The minimum absolute atomic E-state index is 0. The molecular formula is C21H38ClNO2. The van der Waals surface area contributed by atoms with Gasteiger partial charge in [-0.1, -0.05) is 55.4 Å². The van der Waals surface area contributed by atoms with Gasteiger partial charge in [0.05, 0.1) is 12.1 Å². The van der Waals surface area contributed by atoms with Gasteiger partial charge in [-0.2, -0.15) is 0 Å². The zero-order valence-corrected chi connectivity index (χ0v) is 18.0. The standard InChI is InChI=1S/C21H37NO2.ClH/c1-13(2)9-10-17(23)18(22)14-11-15(20(3,4)5)19(24)16(12-14)21(6,7)8;/h11-13,17-18,23-24H,9-10,22H2,1-8H3;1H/t17-,18+;/m0./s1. The molecule has 4 N–H and O–H groups in total. The predicted octanol–water partition coefficient (Wildman–Crippen LogP) is 5.21. The summed E-state index contributed by atoms with van der Waals surface area (Å²) in [6, 6.07) is 3.49. The molecule has 2 atom stereocenters. The first kappa shape index (κ1) is 24.2. The maximum Gasteiger partial charge on any atom is 0.123 e. The fraction of sp³-hybridized carbons (Fsp3) is 0.714. The molecule has 0 amide bonds. The number of halogens is 1. The van der Waals surface area contributed by atoms with Crippen molar-refractivity contribution in [2.45, 2.75) is 91.2 Å². The first-order valence-electron chi connectivity index (χ1n) is 9.06. The summed E-state index contributed by atoms with van der Waals surface area (Å²) in [4.78, 5) is 0. The molecule has 0 saturated carbocycles. The molecule has 146 valence electrons. The topological polar surface area (TPSA) is 66.5 Å². The first-order chi connectivity index (χ1) is 10.7. The quantitative estimate of drug-likeness (QED) is 0.665. The van der Waals surface area contributed by atoms with Crippen molar-refractivity contribution in [3.63, 3.8) is 0 Å². The predicted molar refractivity (Wildman–Crippen MR) is 110 cm³/mol. The lowest BCUT2D eigenvalue weighted by atomic mass is 9.77. The molecule has 0 aliphatic rings. The Morgan fingerprint density at radius 3 is 1.64 bits per heavy atom. The second kappa shape index (κ2) is 8.75. The Morgan fingerprint density at radius 1 is 0.920 bits per heavy atom. The van der Waals surface area contributed by atoms with Crippen molar-refractivity contribution in [1.82, 2.24) is 0 Å². The molecule has 0 bridgehead atoms. The van der Waals surface area contributed by atoms with Gasteiger partial charge in [0.2, 0.25) is 0 Å². The maximum atomic E-state index is 10.8. The van der Waals surface area contributed by atoms with E-state index in [4.69, 9.17) is 5.73 Å². The molecule has 4 heteroatoms. The van der Waals surface area contributed by atoms with Crippen molar-refractivity contribution in [1.29, 1.82) is 0 Å². The number of aromatic hydroxyl groups is 1. The lowest BCUT2D eigenvalue weighted by Crippen LogP contribution is -2.28. The van der Waals surface area contributed by atoms with Crippen molar-refractivity contribution >= 4 is 12.4 Å². The Kier molecular flexibility index (Phi) is 8.48. The van der Waals surface area contributed by atoms with E-state index in [2.05, 4.69) is 55.4 Å². The smallest absolute Gasteiger partial charge is 0.123 e. The van der Waals surface area contributed by atoms with Crippen LogP contribution in [0.5, 0.6) is 5.75 Å². The highest BCUT2D eigenvalue weighted by molar-refractivity contribution is 5.85. The summed E-state index contributed by atoms with van der Waals surface area (Å²) in [5.41, 5.74) is 8.66. The molecule has 0 aliphatic heterocycles. The number of hydrogen-bond acceptors (Lipinski definition) is 3. The molecule has 0 fully saturated rings. The van der Waals surface area contributed by atoms with Crippen molar-refractivity contribution in [3.05, 3.63) is 28.8 Å². The maximum absolute atomic E-state index is 10.8. The van der Waals surface area contributed by atoms with Crippen LogP contribution in [0.1, 0.15) is 91.0 Å². The van der Waals surface area contributed by atoms with Gasteiger partial charge >= 0.3 is 0 Å². The van der Waals surface area contributed by atoms with Crippen LogP contribution in [-0.4, -0.2) is 16.3 Å². The summed E-state index contributed by atoms with van der Waals surface area (Å²) in [6.07, 6.45) is 1.07. The zero-order valence-electron chi connectivity index (χ0n) is 17.2. The Hall–Kier alpha value is -0.770. The van der Waals surface area contributed by atoms with E-state index < -0.39 is 12.1 Å². The average Bonchev–Trinajstić information content (AvgIpc) is 2.41. The molecule has 0 unspecified atom stereocenters. The lowest BCUT2D eigenvalue weighted by Gasteiger charge is -2.30. The summed E-state index contributed by atoms with van der Waals surface area (Å²) in [5.74, 6) is 0.893. The minimum Gasteiger partial charge on any atom is -0.507 e. The Balaban J connectivity index is 0.00000576. The number of nitrogens with two attached hydrogens (primary N) is 1. The summed E-state index contributed by atoms with van der Waals surface area (Å²) >= 11 is 0. The number of rotatable bonds is 5. The largest absolute Gasteiger partial charge is 0.507 e. The Morgan fingerprint density at radius 2 is 1.32 bits per heavy atom. The van der Waals surface area contributed by atoms with E-state index in [0.29, 0.717) is 18.1 Å². The molecule has 1 aromatic carbocycles. The normalized spacial score (nSPS) is 15.0. The molecule has 0 heterocycles. The fourth-order valence-electron chi connectivity index (χ4n) is 2.90. The van der Waals surface area contributed by atoms with Gasteiger partial charge in [-0.25, -0.2) is 0 Å². The van der Waals surface area contributed by atoms with Crippen LogP contribution in [0.25, 0.3) is 0 Å². The SMILES string of the molecule is CC(C)CC[C@H](O)[C@H](N)c1cc(C(C)(C)C)c(O)c(C(C)(C)C)c1.Cl. The van der Waals surface area contributed by atoms with Gasteiger partial charge in [-0.3, -0.25) is 0 Å². The van der Waals surface area contributed by atoms with Crippen molar-refractivity contribution in [3.8, 4) is 5.75 Å².